The summed E-state index contributed by atoms with van der Waals surface area (Å²) >= 11 is 0. The maximum absolute atomic E-state index is 13.6. The zero-order valence-electron chi connectivity index (χ0n) is 17.9. The Labute approximate surface area is 191 Å². The summed E-state index contributed by atoms with van der Waals surface area (Å²) in [7, 11) is 0. The van der Waals surface area contributed by atoms with Crippen molar-refractivity contribution >= 4 is 28.3 Å². The molecular formula is C22H20F3N7O2. The minimum Gasteiger partial charge on any atom is -0.382 e. The van der Waals surface area contributed by atoms with E-state index in [9.17, 15) is 18.0 Å². The first-order valence-electron chi connectivity index (χ1n) is 10.5. The van der Waals surface area contributed by atoms with Crippen molar-refractivity contribution in [3.05, 3.63) is 65.9 Å². The van der Waals surface area contributed by atoms with Crippen LogP contribution < -0.4 is 5.73 Å². The predicted octanol–water partition coefficient (Wildman–Crippen LogP) is 2.77. The molecular weight excluding hydrogens is 451 g/mol. The summed E-state index contributed by atoms with van der Waals surface area (Å²) in [5.41, 5.74) is 7.74. The first kappa shape index (κ1) is 22.0. The smallest absolute Gasteiger partial charge is 0.382 e. The molecule has 0 unspecified atom stereocenters. The number of aromatic nitrogens is 4. The summed E-state index contributed by atoms with van der Waals surface area (Å²) in [4.78, 5) is 26.0. The molecule has 1 aromatic carbocycles. The Balaban J connectivity index is 1.50. The van der Waals surface area contributed by atoms with Gasteiger partial charge in [0.1, 0.15) is 11.3 Å². The Hall–Kier alpha value is -3.77. The highest BCUT2D eigenvalue weighted by molar-refractivity contribution is 5.98. The molecule has 2 N–H and O–H groups in total. The molecule has 4 heterocycles. The van der Waals surface area contributed by atoms with Crippen LogP contribution in [0.15, 0.2) is 49.1 Å². The first-order chi connectivity index (χ1) is 16.3. The molecule has 12 heteroatoms. The second-order valence-corrected chi connectivity index (χ2v) is 7.81. The van der Waals surface area contributed by atoms with Gasteiger partial charge in [0, 0.05) is 24.8 Å². The number of alkyl halides is 3. The molecule has 0 radical (unpaired) electrons. The van der Waals surface area contributed by atoms with E-state index in [-0.39, 0.29) is 12.5 Å². The monoisotopic (exact) mass is 471 g/mol. The van der Waals surface area contributed by atoms with Crippen molar-refractivity contribution < 1.29 is 22.7 Å². The van der Waals surface area contributed by atoms with Crippen LogP contribution >= 0.6 is 0 Å². The molecule has 9 nitrogen and oxygen atoms in total. The van der Waals surface area contributed by atoms with Gasteiger partial charge in [0.25, 0.3) is 5.91 Å². The van der Waals surface area contributed by atoms with Crippen LogP contribution in [0.25, 0.3) is 16.6 Å². The van der Waals surface area contributed by atoms with Crippen molar-refractivity contribution in [2.24, 2.45) is 0 Å². The lowest BCUT2D eigenvalue weighted by atomic mass is 10.1. The zero-order chi connectivity index (χ0) is 23.9. The van der Waals surface area contributed by atoms with E-state index in [0.29, 0.717) is 59.9 Å². The number of halogens is 3. The van der Waals surface area contributed by atoms with E-state index < -0.39 is 11.7 Å². The minimum atomic E-state index is -4.48. The van der Waals surface area contributed by atoms with Crippen molar-refractivity contribution in [3.8, 4) is 0 Å². The lowest BCUT2D eigenvalue weighted by Crippen LogP contribution is -2.51. The highest BCUT2D eigenvalue weighted by Crippen LogP contribution is 2.29. The van der Waals surface area contributed by atoms with E-state index in [1.54, 1.807) is 35.1 Å². The van der Waals surface area contributed by atoms with Crippen LogP contribution in [0.5, 0.6) is 0 Å². The van der Waals surface area contributed by atoms with Gasteiger partial charge in [0.05, 0.1) is 54.6 Å². The van der Waals surface area contributed by atoms with Crippen molar-refractivity contribution in [1.29, 1.82) is 0 Å². The zero-order valence-corrected chi connectivity index (χ0v) is 17.9. The summed E-state index contributed by atoms with van der Waals surface area (Å²) < 4.78 is 45.9. The highest BCUT2D eigenvalue weighted by atomic mass is 19.4. The fraction of sp³-hybridized carbons (Fsp3) is 0.273. The van der Waals surface area contributed by atoms with Gasteiger partial charge in [-0.3, -0.25) is 19.2 Å². The summed E-state index contributed by atoms with van der Waals surface area (Å²) in [5.74, 6) is 0.00276. The van der Waals surface area contributed by atoms with E-state index in [0.717, 1.165) is 12.3 Å². The number of benzene rings is 1. The number of rotatable bonds is 4. The fourth-order valence-electron chi connectivity index (χ4n) is 3.89. The second-order valence-electron chi connectivity index (χ2n) is 7.81. The highest BCUT2D eigenvalue weighted by Gasteiger charge is 2.31. The Morgan fingerprint density at radius 2 is 1.91 bits per heavy atom. The molecule has 1 fully saturated rings. The average molecular weight is 471 g/mol. The van der Waals surface area contributed by atoms with Crippen LogP contribution in [0.1, 0.15) is 21.6 Å². The molecule has 1 aliphatic rings. The van der Waals surface area contributed by atoms with Crippen LogP contribution in [0, 0.1) is 0 Å². The van der Waals surface area contributed by atoms with E-state index in [1.165, 1.54) is 11.1 Å². The number of carbonyl (C=O) groups excluding carboxylic acids is 1. The van der Waals surface area contributed by atoms with Gasteiger partial charge < -0.3 is 10.5 Å². The molecule has 0 atom stereocenters. The summed E-state index contributed by atoms with van der Waals surface area (Å²) in [6.07, 6.45) is -0.520. The number of morpholine rings is 1. The van der Waals surface area contributed by atoms with E-state index in [2.05, 4.69) is 15.0 Å². The number of hydrogen-bond acceptors (Lipinski definition) is 7. The molecule has 176 valence electrons. The maximum atomic E-state index is 13.6. The van der Waals surface area contributed by atoms with Gasteiger partial charge in [-0.2, -0.15) is 13.2 Å². The van der Waals surface area contributed by atoms with Crippen LogP contribution in [-0.2, 0) is 17.5 Å². The number of anilines is 1. The number of pyridine rings is 1. The number of imidazole rings is 1. The Morgan fingerprint density at radius 3 is 2.62 bits per heavy atom. The van der Waals surface area contributed by atoms with Crippen LogP contribution in [-0.4, -0.2) is 61.6 Å². The number of carbonyl (C=O) groups is 1. The Morgan fingerprint density at radius 1 is 1.12 bits per heavy atom. The van der Waals surface area contributed by atoms with Crippen LogP contribution in [0.4, 0.5) is 19.0 Å². The molecule has 0 saturated carbocycles. The largest absolute Gasteiger partial charge is 0.417 e. The van der Waals surface area contributed by atoms with Gasteiger partial charge in [0.15, 0.2) is 0 Å². The third-order valence-electron chi connectivity index (χ3n) is 5.65. The molecule has 1 aliphatic heterocycles. The van der Waals surface area contributed by atoms with Gasteiger partial charge in [-0.1, -0.05) is 0 Å². The third-order valence-corrected chi connectivity index (χ3v) is 5.65. The van der Waals surface area contributed by atoms with Gasteiger partial charge >= 0.3 is 6.18 Å². The quantitative estimate of drug-likeness (QED) is 0.488. The topological polar surface area (TPSA) is 102 Å². The maximum Gasteiger partial charge on any atom is 0.417 e. The van der Waals surface area contributed by atoms with Crippen LogP contribution in [0.3, 0.4) is 0 Å². The summed E-state index contributed by atoms with van der Waals surface area (Å²) in [6, 6.07) is 7.30. The van der Waals surface area contributed by atoms with Gasteiger partial charge in [0.2, 0.25) is 0 Å². The molecule has 3 aromatic heterocycles. The lowest BCUT2D eigenvalue weighted by Gasteiger charge is -2.37. The molecule has 0 aliphatic carbocycles. The van der Waals surface area contributed by atoms with Gasteiger partial charge in [-0.25, -0.2) is 15.0 Å². The molecule has 1 amide bonds. The van der Waals surface area contributed by atoms with Gasteiger partial charge in [-0.15, -0.1) is 0 Å². The third kappa shape index (κ3) is 4.13. The van der Waals surface area contributed by atoms with E-state index >= 15 is 0 Å². The fourth-order valence-corrected chi connectivity index (χ4v) is 3.89. The predicted molar refractivity (Wildman–Crippen MR) is 116 cm³/mol. The average Bonchev–Trinajstić information content (AvgIpc) is 3.33. The number of fused-ring (bicyclic) bond motifs is 3. The first-order valence-corrected chi connectivity index (χ1v) is 10.5. The Bertz CT molecular complexity index is 1350. The number of nitrogen functional groups attached to an aromatic ring is 1. The molecule has 4 aromatic rings. The minimum absolute atomic E-state index is 0.00941. The van der Waals surface area contributed by atoms with Crippen molar-refractivity contribution in [1.82, 2.24) is 29.4 Å². The Kier molecular flexibility index (Phi) is 5.54. The molecule has 5 rings (SSSR count). The second kappa shape index (κ2) is 8.54. The number of amides is 1. The van der Waals surface area contributed by atoms with E-state index in [1.807, 2.05) is 5.01 Å². The van der Waals surface area contributed by atoms with Crippen LogP contribution in [0.2, 0.25) is 0 Å². The number of nitrogens with two attached hydrogens (primary N) is 1. The SMILES string of the molecule is Nc1nc2ccc(C(=O)N(Cc3ccc(C(F)(F)F)cn3)N3CCOCC3)cc2n2cncc12. The van der Waals surface area contributed by atoms with Crippen molar-refractivity contribution in [2.75, 3.05) is 32.0 Å². The summed E-state index contributed by atoms with van der Waals surface area (Å²) in [5, 5.41) is 3.32. The normalized spacial score (nSPS) is 15.1. The number of hydrazine groups is 1. The number of ether oxygens (including phenoxy) is 1. The van der Waals surface area contributed by atoms with Crippen molar-refractivity contribution in [3.63, 3.8) is 0 Å². The number of nitrogens with zero attached hydrogens (tertiary/aromatic N) is 6. The van der Waals surface area contributed by atoms with E-state index in [4.69, 9.17) is 10.5 Å². The molecule has 0 spiro atoms. The summed E-state index contributed by atoms with van der Waals surface area (Å²) in [6.45, 7) is 1.80. The number of hydrogen-bond donors (Lipinski definition) is 1. The molecule has 34 heavy (non-hydrogen) atoms. The van der Waals surface area contributed by atoms with Crippen molar-refractivity contribution in [2.45, 2.75) is 12.7 Å². The van der Waals surface area contributed by atoms with Gasteiger partial charge in [-0.05, 0) is 30.3 Å². The molecule has 1 saturated heterocycles. The standard InChI is InChI=1S/C22H20F3N7O2/c23-22(24,25)15-2-3-16(28-10-15)12-32(30-5-7-34-8-6-30)21(33)14-1-4-17-18(9-14)31-13-27-11-19(31)20(26)29-17/h1-4,9-11,13H,5-8,12H2,(H2,26,29). The molecule has 0 bridgehead atoms. The lowest BCUT2D eigenvalue weighted by molar-refractivity contribution is -0.137.